The molecule has 7 heteroatoms. The Balaban J connectivity index is 1.49. The molecule has 0 radical (unpaired) electrons. The summed E-state index contributed by atoms with van der Waals surface area (Å²) in [6.45, 7) is 4.99. The minimum atomic E-state index is -0.210. The van der Waals surface area contributed by atoms with Crippen molar-refractivity contribution in [2.75, 3.05) is 13.1 Å². The molecule has 1 fully saturated rings. The lowest BCUT2D eigenvalue weighted by Gasteiger charge is -2.30. The number of thiophene rings is 1. The summed E-state index contributed by atoms with van der Waals surface area (Å²) in [5, 5.41) is 5.75. The van der Waals surface area contributed by atoms with Gasteiger partial charge in [0.2, 0.25) is 0 Å². The van der Waals surface area contributed by atoms with E-state index in [0.29, 0.717) is 31.7 Å². The summed E-state index contributed by atoms with van der Waals surface area (Å²) >= 11 is 1.44. The largest absolute Gasteiger partial charge is 0.460 e. The lowest BCUT2D eigenvalue weighted by Crippen LogP contribution is -2.40. The lowest BCUT2D eigenvalue weighted by atomic mass is 9.97. The van der Waals surface area contributed by atoms with Gasteiger partial charge in [0.1, 0.15) is 12.4 Å². The fraction of sp³-hybridized carbons (Fsp3) is 0.471. The van der Waals surface area contributed by atoms with E-state index in [1.54, 1.807) is 6.92 Å². The van der Waals surface area contributed by atoms with Gasteiger partial charge in [-0.2, -0.15) is 0 Å². The van der Waals surface area contributed by atoms with E-state index >= 15 is 0 Å². The van der Waals surface area contributed by atoms with Crippen LogP contribution in [0.5, 0.6) is 0 Å². The molecule has 3 rings (SSSR count). The topological polar surface area (TPSA) is 72.6 Å². The van der Waals surface area contributed by atoms with Gasteiger partial charge >= 0.3 is 5.97 Å². The molecule has 2 aromatic heterocycles. The number of aromatic nitrogens is 1. The van der Waals surface area contributed by atoms with E-state index in [0.717, 1.165) is 16.1 Å². The summed E-state index contributed by atoms with van der Waals surface area (Å²) in [7, 11) is 0. The van der Waals surface area contributed by atoms with Crippen molar-refractivity contribution in [3.63, 3.8) is 0 Å². The first-order valence-corrected chi connectivity index (χ1v) is 8.85. The molecular weight excluding hydrogens is 328 g/mol. The van der Waals surface area contributed by atoms with Gasteiger partial charge in [-0.3, -0.25) is 9.59 Å². The Bertz CT molecular complexity index is 696. The molecule has 0 N–H and O–H groups in total. The van der Waals surface area contributed by atoms with E-state index in [9.17, 15) is 9.59 Å². The van der Waals surface area contributed by atoms with Crippen molar-refractivity contribution in [2.45, 2.75) is 33.3 Å². The third kappa shape index (κ3) is 3.51. The average Bonchev–Trinajstić information content (AvgIpc) is 3.23. The lowest BCUT2D eigenvalue weighted by molar-refractivity contribution is -0.151. The van der Waals surface area contributed by atoms with Gasteiger partial charge < -0.3 is 14.2 Å². The highest BCUT2D eigenvalue weighted by atomic mass is 32.1. The Morgan fingerprint density at radius 2 is 2.12 bits per heavy atom. The van der Waals surface area contributed by atoms with Crippen LogP contribution in [0.4, 0.5) is 0 Å². The average molecular weight is 348 g/mol. The van der Waals surface area contributed by atoms with E-state index < -0.39 is 0 Å². The van der Waals surface area contributed by atoms with Crippen LogP contribution in [-0.4, -0.2) is 35.0 Å². The number of carbonyl (C=O) groups excluding carboxylic acids is 2. The van der Waals surface area contributed by atoms with Crippen LogP contribution in [-0.2, 0) is 16.1 Å². The van der Waals surface area contributed by atoms with E-state index in [1.165, 1.54) is 11.3 Å². The van der Waals surface area contributed by atoms with Crippen LogP contribution in [0.25, 0.3) is 0 Å². The Labute approximate surface area is 144 Å². The highest BCUT2D eigenvalue weighted by Gasteiger charge is 2.29. The van der Waals surface area contributed by atoms with Gasteiger partial charge in [0, 0.05) is 13.1 Å². The summed E-state index contributed by atoms with van der Waals surface area (Å²) in [5.74, 6) is 0.361. The van der Waals surface area contributed by atoms with Gasteiger partial charge in [-0.1, -0.05) is 11.2 Å². The van der Waals surface area contributed by atoms with Gasteiger partial charge in [0.25, 0.3) is 5.91 Å². The second-order valence-corrected chi connectivity index (χ2v) is 6.90. The van der Waals surface area contributed by atoms with E-state index in [2.05, 4.69) is 5.16 Å². The van der Waals surface area contributed by atoms with Crippen molar-refractivity contribution < 1.29 is 18.8 Å². The van der Waals surface area contributed by atoms with Crippen LogP contribution in [0.2, 0.25) is 0 Å². The standard InChI is InChI=1S/C17H20N2O4S/c1-11-14(12(2)23-18-11)10-22-17(21)13-5-7-19(8-6-13)16(20)15-4-3-9-24-15/h3-4,9,13H,5-8,10H2,1-2H3. The molecule has 0 saturated carbocycles. The highest BCUT2D eigenvalue weighted by molar-refractivity contribution is 7.12. The summed E-state index contributed by atoms with van der Waals surface area (Å²) in [5.41, 5.74) is 1.57. The molecular formula is C17H20N2O4S. The molecule has 2 aromatic rings. The summed E-state index contributed by atoms with van der Waals surface area (Å²) < 4.78 is 10.5. The molecule has 3 heterocycles. The quantitative estimate of drug-likeness (QED) is 0.794. The summed E-state index contributed by atoms with van der Waals surface area (Å²) in [6, 6.07) is 3.70. The first-order chi connectivity index (χ1) is 11.6. The number of piperidine rings is 1. The van der Waals surface area contributed by atoms with Crippen molar-refractivity contribution in [3.8, 4) is 0 Å². The van der Waals surface area contributed by atoms with E-state index in [1.807, 2.05) is 29.3 Å². The monoisotopic (exact) mass is 348 g/mol. The fourth-order valence-electron chi connectivity index (χ4n) is 2.84. The predicted octanol–water partition coefficient (Wildman–Crippen LogP) is 2.95. The molecule has 0 atom stereocenters. The molecule has 0 aliphatic carbocycles. The third-order valence-corrected chi connectivity index (χ3v) is 5.25. The highest BCUT2D eigenvalue weighted by Crippen LogP contribution is 2.23. The SMILES string of the molecule is Cc1noc(C)c1COC(=O)C1CCN(C(=O)c2cccs2)CC1. The molecule has 0 bridgehead atoms. The number of hydrogen-bond acceptors (Lipinski definition) is 6. The van der Waals surface area contributed by atoms with Gasteiger partial charge in [-0.05, 0) is 38.1 Å². The van der Waals surface area contributed by atoms with Crippen molar-refractivity contribution in [3.05, 3.63) is 39.4 Å². The Kier molecular flexibility index (Phi) is 4.99. The van der Waals surface area contributed by atoms with Gasteiger partial charge in [-0.15, -0.1) is 11.3 Å². The van der Waals surface area contributed by atoms with E-state index in [-0.39, 0.29) is 24.4 Å². The molecule has 0 unspecified atom stereocenters. The molecule has 1 amide bonds. The van der Waals surface area contributed by atoms with Crippen LogP contribution in [0.1, 0.15) is 39.5 Å². The van der Waals surface area contributed by atoms with Crippen LogP contribution in [0.15, 0.2) is 22.0 Å². The normalized spacial score (nSPS) is 15.5. The molecule has 0 spiro atoms. The minimum absolute atomic E-state index is 0.0486. The van der Waals surface area contributed by atoms with E-state index in [4.69, 9.17) is 9.26 Å². The molecule has 128 valence electrons. The van der Waals surface area contributed by atoms with Crippen LogP contribution in [0, 0.1) is 19.8 Å². The molecule has 24 heavy (non-hydrogen) atoms. The first-order valence-electron chi connectivity index (χ1n) is 7.97. The Morgan fingerprint density at radius 3 is 2.71 bits per heavy atom. The minimum Gasteiger partial charge on any atom is -0.460 e. The molecule has 6 nitrogen and oxygen atoms in total. The molecule has 0 aromatic carbocycles. The number of hydrogen-bond donors (Lipinski definition) is 0. The number of esters is 1. The van der Waals surface area contributed by atoms with Crippen molar-refractivity contribution in [1.82, 2.24) is 10.1 Å². The molecule has 1 saturated heterocycles. The summed E-state index contributed by atoms with van der Waals surface area (Å²) in [6.07, 6.45) is 1.27. The fourth-order valence-corrected chi connectivity index (χ4v) is 3.53. The number of nitrogens with zero attached hydrogens (tertiary/aromatic N) is 2. The number of amides is 1. The second kappa shape index (κ2) is 7.17. The van der Waals surface area contributed by atoms with Crippen LogP contribution in [0.3, 0.4) is 0 Å². The smallest absolute Gasteiger partial charge is 0.309 e. The van der Waals surface area contributed by atoms with Crippen LogP contribution < -0.4 is 0 Å². The maximum atomic E-state index is 12.3. The Hall–Kier alpha value is -2.15. The van der Waals surface area contributed by atoms with Crippen LogP contribution >= 0.6 is 11.3 Å². The Morgan fingerprint density at radius 1 is 1.38 bits per heavy atom. The first kappa shape index (κ1) is 16.7. The zero-order valence-electron chi connectivity index (χ0n) is 13.8. The van der Waals surface area contributed by atoms with Gasteiger partial charge in [-0.25, -0.2) is 0 Å². The van der Waals surface area contributed by atoms with Crippen molar-refractivity contribution >= 4 is 23.2 Å². The number of aryl methyl sites for hydroxylation is 2. The third-order valence-electron chi connectivity index (χ3n) is 4.39. The number of carbonyl (C=O) groups is 2. The number of likely N-dealkylation sites (tertiary alicyclic amines) is 1. The number of rotatable bonds is 4. The van der Waals surface area contributed by atoms with Crippen molar-refractivity contribution in [1.29, 1.82) is 0 Å². The zero-order valence-corrected chi connectivity index (χ0v) is 14.6. The molecule has 1 aliphatic rings. The zero-order chi connectivity index (χ0) is 17.1. The molecule has 1 aliphatic heterocycles. The maximum absolute atomic E-state index is 12.3. The predicted molar refractivity (Wildman–Crippen MR) is 88.7 cm³/mol. The van der Waals surface area contributed by atoms with Gasteiger partial charge in [0.15, 0.2) is 0 Å². The summed E-state index contributed by atoms with van der Waals surface area (Å²) in [4.78, 5) is 27.1. The maximum Gasteiger partial charge on any atom is 0.309 e. The van der Waals surface area contributed by atoms with Crippen molar-refractivity contribution in [2.24, 2.45) is 5.92 Å². The number of ether oxygens (including phenoxy) is 1. The van der Waals surface area contributed by atoms with Gasteiger partial charge in [0.05, 0.1) is 22.1 Å². The second-order valence-electron chi connectivity index (χ2n) is 5.95.